The number of hydrazine groups is 1. The van der Waals surface area contributed by atoms with Crippen molar-refractivity contribution >= 4 is 11.8 Å². The molecule has 0 aliphatic carbocycles. The molecule has 96 valence electrons. The van der Waals surface area contributed by atoms with Gasteiger partial charge in [0.15, 0.2) is 5.82 Å². The average Bonchev–Trinajstić information content (AvgIpc) is 2.74. The third-order valence-electron chi connectivity index (χ3n) is 2.21. The minimum Gasteiger partial charge on any atom is -0.369 e. The number of nitrogens with one attached hydrogen (secondary N) is 2. The van der Waals surface area contributed by atoms with Crippen LogP contribution in [-0.2, 0) is 6.42 Å². The molecule has 0 saturated heterocycles. The number of rotatable bonds is 5. The van der Waals surface area contributed by atoms with Gasteiger partial charge in [-0.2, -0.15) is 9.97 Å². The molecule has 2 rings (SSSR count). The predicted octanol–water partition coefficient (Wildman–Crippen LogP) is 0.417. The van der Waals surface area contributed by atoms with Gasteiger partial charge in [0.2, 0.25) is 11.8 Å². The molecular formula is C10H15N7O. The van der Waals surface area contributed by atoms with Gasteiger partial charge in [-0.3, -0.25) is 5.43 Å². The molecule has 0 fully saturated rings. The standard InChI is InChI=1S/C10H15N7O/c1-6-5-9(15-10(13-6)16-11)12-4-3-8-14-7(2)18-17-8/h5H,3-4,11H2,1-2H3,(H2,12,13,15,16). The van der Waals surface area contributed by atoms with Crippen LogP contribution in [0.15, 0.2) is 10.6 Å². The highest BCUT2D eigenvalue weighted by atomic mass is 16.5. The first kappa shape index (κ1) is 12.2. The summed E-state index contributed by atoms with van der Waals surface area (Å²) in [5.41, 5.74) is 3.25. The highest BCUT2D eigenvalue weighted by molar-refractivity contribution is 5.41. The van der Waals surface area contributed by atoms with E-state index in [0.29, 0.717) is 36.4 Å². The Morgan fingerprint density at radius 3 is 2.78 bits per heavy atom. The third-order valence-corrected chi connectivity index (χ3v) is 2.21. The van der Waals surface area contributed by atoms with Crippen LogP contribution in [0.2, 0.25) is 0 Å². The van der Waals surface area contributed by atoms with Crippen LogP contribution in [-0.4, -0.2) is 26.7 Å². The summed E-state index contributed by atoms with van der Waals surface area (Å²) in [7, 11) is 0. The molecule has 0 amide bonds. The molecule has 0 atom stereocenters. The van der Waals surface area contributed by atoms with Crippen LogP contribution in [0.1, 0.15) is 17.4 Å². The molecule has 0 unspecified atom stereocenters. The summed E-state index contributed by atoms with van der Waals surface area (Å²) in [6.07, 6.45) is 0.659. The van der Waals surface area contributed by atoms with Gasteiger partial charge in [0.1, 0.15) is 5.82 Å². The van der Waals surface area contributed by atoms with E-state index < -0.39 is 0 Å². The zero-order valence-corrected chi connectivity index (χ0v) is 10.3. The molecule has 2 heterocycles. The first-order valence-corrected chi connectivity index (χ1v) is 5.53. The number of hydrogen-bond acceptors (Lipinski definition) is 8. The van der Waals surface area contributed by atoms with Crippen molar-refractivity contribution in [3.63, 3.8) is 0 Å². The van der Waals surface area contributed by atoms with Crippen molar-refractivity contribution in [3.8, 4) is 0 Å². The van der Waals surface area contributed by atoms with E-state index in [1.807, 2.05) is 13.0 Å². The topological polar surface area (TPSA) is 115 Å². The van der Waals surface area contributed by atoms with Crippen LogP contribution < -0.4 is 16.6 Å². The summed E-state index contributed by atoms with van der Waals surface area (Å²) in [6, 6.07) is 1.84. The first-order valence-electron chi connectivity index (χ1n) is 5.53. The molecule has 0 aromatic carbocycles. The summed E-state index contributed by atoms with van der Waals surface area (Å²) < 4.78 is 4.88. The SMILES string of the molecule is Cc1cc(NCCc2noc(C)n2)nc(NN)n1. The van der Waals surface area contributed by atoms with E-state index in [4.69, 9.17) is 10.4 Å². The maximum absolute atomic E-state index is 5.27. The number of hydrogen-bond donors (Lipinski definition) is 3. The second-order valence-corrected chi connectivity index (χ2v) is 3.77. The van der Waals surface area contributed by atoms with Crippen molar-refractivity contribution in [3.05, 3.63) is 23.5 Å². The molecule has 0 radical (unpaired) electrons. The lowest BCUT2D eigenvalue weighted by Crippen LogP contribution is -2.13. The smallest absolute Gasteiger partial charge is 0.239 e. The molecule has 0 bridgehead atoms. The van der Waals surface area contributed by atoms with Gasteiger partial charge in [-0.05, 0) is 6.92 Å². The number of nitrogens with two attached hydrogens (primary N) is 1. The van der Waals surface area contributed by atoms with Crippen molar-refractivity contribution in [1.29, 1.82) is 0 Å². The maximum atomic E-state index is 5.27. The van der Waals surface area contributed by atoms with Crippen molar-refractivity contribution in [2.75, 3.05) is 17.3 Å². The fraction of sp³-hybridized carbons (Fsp3) is 0.400. The summed E-state index contributed by atoms with van der Waals surface area (Å²) in [5, 5.41) is 6.96. The lowest BCUT2D eigenvalue weighted by atomic mass is 10.4. The van der Waals surface area contributed by atoms with Gasteiger partial charge in [-0.25, -0.2) is 10.8 Å². The van der Waals surface area contributed by atoms with Crippen LogP contribution in [0.25, 0.3) is 0 Å². The quantitative estimate of drug-likeness (QED) is 0.515. The molecule has 18 heavy (non-hydrogen) atoms. The Kier molecular flexibility index (Phi) is 3.68. The molecule has 4 N–H and O–H groups in total. The Bertz CT molecular complexity index is 525. The zero-order valence-electron chi connectivity index (χ0n) is 10.3. The number of anilines is 2. The predicted molar refractivity (Wildman–Crippen MR) is 65.8 cm³/mol. The zero-order chi connectivity index (χ0) is 13.0. The fourth-order valence-corrected chi connectivity index (χ4v) is 1.47. The van der Waals surface area contributed by atoms with Gasteiger partial charge in [0.25, 0.3) is 0 Å². The summed E-state index contributed by atoms with van der Waals surface area (Å²) in [5.74, 6) is 7.60. The van der Waals surface area contributed by atoms with E-state index in [1.54, 1.807) is 6.92 Å². The van der Waals surface area contributed by atoms with E-state index in [2.05, 4.69) is 30.9 Å². The Morgan fingerprint density at radius 2 is 2.11 bits per heavy atom. The van der Waals surface area contributed by atoms with Gasteiger partial charge in [0, 0.05) is 31.6 Å². The maximum Gasteiger partial charge on any atom is 0.239 e. The first-order chi connectivity index (χ1) is 8.67. The highest BCUT2D eigenvalue weighted by Crippen LogP contribution is 2.08. The average molecular weight is 249 g/mol. The number of aromatic nitrogens is 4. The second-order valence-electron chi connectivity index (χ2n) is 3.77. The van der Waals surface area contributed by atoms with Gasteiger partial charge in [-0.15, -0.1) is 0 Å². The molecule has 0 aliphatic rings. The van der Waals surface area contributed by atoms with Crippen molar-refractivity contribution < 1.29 is 4.52 Å². The van der Waals surface area contributed by atoms with E-state index in [9.17, 15) is 0 Å². The van der Waals surface area contributed by atoms with Crippen molar-refractivity contribution in [2.45, 2.75) is 20.3 Å². The Hall–Kier alpha value is -2.22. The van der Waals surface area contributed by atoms with E-state index in [-0.39, 0.29) is 0 Å². The monoisotopic (exact) mass is 249 g/mol. The summed E-state index contributed by atoms with van der Waals surface area (Å²) in [4.78, 5) is 12.4. The van der Waals surface area contributed by atoms with Crippen LogP contribution in [0.3, 0.4) is 0 Å². The minimum absolute atomic E-state index is 0.382. The van der Waals surface area contributed by atoms with Gasteiger partial charge in [0.05, 0.1) is 0 Å². The molecular weight excluding hydrogens is 234 g/mol. The van der Waals surface area contributed by atoms with Crippen LogP contribution in [0, 0.1) is 13.8 Å². The van der Waals surface area contributed by atoms with E-state index in [1.165, 1.54) is 0 Å². The molecule has 2 aromatic heterocycles. The van der Waals surface area contributed by atoms with E-state index in [0.717, 1.165) is 5.69 Å². The third kappa shape index (κ3) is 3.14. The fourth-order valence-electron chi connectivity index (χ4n) is 1.47. The number of aryl methyl sites for hydroxylation is 2. The van der Waals surface area contributed by atoms with Gasteiger partial charge in [-0.1, -0.05) is 5.16 Å². The molecule has 0 spiro atoms. The van der Waals surface area contributed by atoms with E-state index >= 15 is 0 Å². The molecule has 0 aliphatic heterocycles. The van der Waals surface area contributed by atoms with Gasteiger partial charge < -0.3 is 9.84 Å². The molecule has 0 saturated carbocycles. The highest BCUT2D eigenvalue weighted by Gasteiger charge is 2.03. The lowest BCUT2D eigenvalue weighted by Gasteiger charge is -2.06. The Balaban J connectivity index is 1.91. The second kappa shape index (κ2) is 5.41. The lowest BCUT2D eigenvalue weighted by molar-refractivity contribution is 0.387. The van der Waals surface area contributed by atoms with Crippen LogP contribution in [0.5, 0.6) is 0 Å². The largest absolute Gasteiger partial charge is 0.369 e. The number of nitrogens with zero attached hydrogens (tertiary/aromatic N) is 4. The Labute approximate surface area is 104 Å². The van der Waals surface area contributed by atoms with Crippen LogP contribution >= 0.6 is 0 Å². The van der Waals surface area contributed by atoms with Crippen molar-refractivity contribution in [1.82, 2.24) is 20.1 Å². The Morgan fingerprint density at radius 1 is 1.28 bits per heavy atom. The van der Waals surface area contributed by atoms with Crippen molar-refractivity contribution in [2.24, 2.45) is 5.84 Å². The number of nitrogen functional groups attached to an aromatic ring is 1. The summed E-state index contributed by atoms with van der Waals surface area (Å²) in [6.45, 7) is 4.28. The molecule has 8 nitrogen and oxygen atoms in total. The minimum atomic E-state index is 0.382. The molecule has 2 aromatic rings. The summed E-state index contributed by atoms with van der Waals surface area (Å²) >= 11 is 0. The molecule has 8 heteroatoms. The normalized spacial score (nSPS) is 10.4. The van der Waals surface area contributed by atoms with Gasteiger partial charge >= 0.3 is 0 Å². The van der Waals surface area contributed by atoms with Crippen LogP contribution in [0.4, 0.5) is 11.8 Å².